The van der Waals surface area contributed by atoms with Gasteiger partial charge in [-0.2, -0.15) is 0 Å². The zero-order chi connectivity index (χ0) is 21.8. The first-order valence-electron chi connectivity index (χ1n) is 9.50. The van der Waals surface area contributed by atoms with E-state index in [0.717, 1.165) is 40.7 Å². The number of rotatable bonds is 5. The summed E-state index contributed by atoms with van der Waals surface area (Å²) in [7, 11) is 0. The summed E-state index contributed by atoms with van der Waals surface area (Å²) in [6.07, 6.45) is 1.49. The van der Waals surface area contributed by atoms with Crippen molar-refractivity contribution in [2.45, 2.75) is 6.92 Å². The van der Waals surface area contributed by atoms with Gasteiger partial charge in [0.25, 0.3) is 5.91 Å². The number of nitrogens with zero attached hydrogens (tertiary/aromatic N) is 2. The van der Waals surface area contributed by atoms with Crippen LogP contribution in [0.5, 0.6) is 0 Å². The average molecular weight is 416 g/mol. The van der Waals surface area contributed by atoms with Crippen molar-refractivity contribution in [3.05, 3.63) is 102 Å². The molecule has 5 nitrogen and oxygen atoms in total. The van der Waals surface area contributed by atoms with Crippen LogP contribution in [0.2, 0.25) is 0 Å². The van der Waals surface area contributed by atoms with Crippen LogP contribution in [0, 0.1) is 18.6 Å². The number of hydrogen-bond donors (Lipinski definition) is 2. The summed E-state index contributed by atoms with van der Waals surface area (Å²) in [6.45, 7) is 2.02. The Morgan fingerprint density at radius 3 is 2.29 bits per heavy atom. The number of carbonyl (C=O) groups is 1. The van der Waals surface area contributed by atoms with Gasteiger partial charge in [0.2, 0.25) is 0 Å². The van der Waals surface area contributed by atoms with Crippen LogP contribution in [0.4, 0.5) is 26.0 Å². The first-order valence-corrected chi connectivity index (χ1v) is 9.50. The SMILES string of the molecule is Cc1cccc(-c2cc(Nc3ccc(C(=O)Nc4cc(F)cc(F)c4)cc3)ncn2)c1. The van der Waals surface area contributed by atoms with Gasteiger partial charge in [0, 0.05) is 34.6 Å². The third kappa shape index (κ3) is 5.08. The topological polar surface area (TPSA) is 66.9 Å². The van der Waals surface area contributed by atoms with Gasteiger partial charge in [-0.15, -0.1) is 0 Å². The Morgan fingerprint density at radius 2 is 1.58 bits per heavy atom. The van der Waals surface area contributed by atoms with E-state index in [2.05, 4.69) is 20.6 Å². The van der Waals surface area contributed by atoms with Crippen LogP contribution < -0.4 is 10.6 Å². The second-order valence-electron chi connectivity index (χ2n) is 6.97. The molecule has 4 rings (SSSR count). The number of aryl methyl sites for hydroxylation is 1. The van der Waals surface area contributed by atoms with Crippen LogP contribution in [0.1, 0.15) is 15.9 Å². The van der Waals surface area contributed by atoms with E-state index in [1.54, 1.807) is 24.3 Å². The third-order valence-corrected chi connectivity index (χ3v) is 4.52. The fourth-order valence-electron chi connectivity index (χ4n) is 3.07. The van der Waals surface area contributed by atoms with Gasteiger partial charge >= 0.3 is 0 Å². The zero-order valence-electron chi connectivity index (χ0n) is 16.6. The molecule has 0 aliphatic rings. The number of aromatic nitrogens is 2. The summed E-state index contributed by atoms with van der Waals surface area (Å²) in [5.41, 5.74) is 4.04. The van der Waals surface area contributed by atoms with Crippen molar-refractivity contribution in [2.75, 3.05) is 10.6 Å². The molecule has 1 heterocycles. The van der Waals surface area contributed by atoms with E-state index in [0.29, 0.717) is 11.4 Å². The maximum absolute atomic E-state index is 13.3. The molecule has 4 aromatic rings. The highest BCUT2D eigenvalue weighted by atomic mass is 19.1. The Kier molecular flexibility index (Phi) is 5.66. The van der Waals surface area contributed by atoms with Crippen LogP contribution in [0.15, 0.2) is 79.1 Å². The average Bonchev–Trinajstić information content (AvgIpc) is 2.74. The summed E-state index contributed by atoms with van der Waals surface area (Å²) < 4.78 is 26.6. The van der Waals surface area contributed by atoms with Gasteiger partial charge in [0.05, 0.1) is 5.69 Å². The molecule has 0 unspecified atom stereocenters. The van der Waals surface area contributed by atoms with Crippen molar-refractivity contribution in [1.82, 2.24) is 9.97 Å². The van der Waals surface area contributed by atoms with Crippen molar-refractivity contribution in [1.29, 1.82) is 0 Å². The van der Waals surface area contributed by atoms with Gasteiger partial charge in [-0.3, -0.25) is 4.79 Å². The minimum atomic E-state index is -0.760. The number of carbonyl (C=O) groups excluding carboxylic acids is 1. The van der Waals surface area contributed by atoms with Gasteiger partial charge < -0.3 is 10.6 Å². The number of hydrogen-bond acceptors (Lipinski definition) is 4. The summed E-state index contributed by atoms with van der Waals surface area (Å²) in [5, 5.41) is 5.66. The van der Waals surface area contributed by atoms with Crippen LogP contribution in [0.3, 0.4) is 0 Å². The number of anilines is 3. The molecule has 0 atom stereocenters. The Labute approximate surface area is 177 Å². The van der Waals surface area contributed by atoms with Crippen LogP contribution in [0.25, 0.3) is 11.3 Å². The summed E-state index contributed by atoms with van der Waals surface area (Å²) in [4.78, 5) is 20.9. The second kappa shape index (κ2) is 8.71. The first-order chi connectivity index (χ1) is 15.0. The highest BCUT2D eigenvalue weighted by Gasteiger charge is 2.09. The van der Waals surface area contributed by atoms with Crippen LogP contribution >= 0.6 is 0 Å². The Bertz CT molecular complexity index is 1220. The molecule has 0 aliphatic heterocycles. The molecule has 0 bridgehead atoms. The standard InChI is InChI=1S/C24H18F2N4O/c1-15-3-2-4-17(9-15)22-13-23(28-14-27-22)29-20-7-5-16(6-8-20)24(31)30-21-11-18(25)10-19(26)12-21/h2-14H,1H3,(H,30,31)(H,27,28,29). The van der Waals surface area contributed by atoms with E-state index in [1.165, 1.54) is 6.33 Å². The molecular formula is C24H18F2N4O. The molecule has 2 N–H and O–H groups in total. The van der Waals surface area contributed by atoms with E-state index in [-0.39, 0.29) is 5.69 Å². The lowest BCUT2D eigenvalue weighted by molar-refractivity contribution is 0.102. The molecule has 0 fully saturated rings. The second-order valence-corrected chi connectivity index (χ2v) is 6.97. The number of benzene rings is 3. The molecule has 0 spiro atoms. The zero-order valence-corrected chi connectivity index (χ0v) is 16.6. The van der Waals surface area contributed by atoms with Gasteiger partial charge in [-0.1, -0.05) is 23.8 Å². The number of halogens is 2. The van der Waals surface area contributed by atoms with Crippen molar-refractivity contribution in [3.8, 4) is 11.3 Å². The maximum atomic E-state index is 13.3. The lowest BCUT2D eigenvalue weighted by atomic mass is 10.1. The molecule has 0 saturated heterocycles. The highest BCUT2D eigenvalue weighted by Crippen LogP contribution is 2.22. The number of nitrogens with one attached hydrogen (secondary N) is 2. The molecule has 1 aromatic heterocycles. The first kappa shape index (κ1) is 20.2. The molecule has 3 aromatic carbocycles. The van der Waals surface area contributed by atoms with Gasteiger partial charge in [0.15, 0.2) is 0 Å². The Hall–Kier alpha value is -4.13. The molecule has 0 radical (unpaired) electrons. The van der Waals surface area contributed by atoms with Crippen molar-refractivity contribution >= 4 is 23.1 Å². The molecule has 154 valence electrons. The maximum Gasteiger partial charge on any atom is 0.255 e. The van der Waals surface area contributed by atoms with Gasteiger partial charge in [0.1, 0.15) is 23.8 Å². The third-order valence-electron chi connectivity index (χ3n) is 4.52. The Balaban J connectivity index is 1.46. The normalized spacial score (nSPS) is 10.5. The highest BCUT2D eigenvalue weighted by molar-refractivity contribution is 6.04. The van der Waals surface area contributed by atoms with E-state index < -0.39 is 17.5 Å². The fourth-order valence-corrected chi connectivity index (χ4v) is 3.07. The van der Waals surface area contributed by atoms with Crippen molar-refractivity contribution in [2.24, 2.45) is 0 Å². The molecule has 1 amide bonds. The summed E-state index contributed by atoms with van der Waals surface area (Å²) in [6, 6.07) is 19.4. The summed E-state index contributed by atoms with van der Waals surface area (Å²) in [5.74, 6) is -1.38. The lowest BCUT2D eigenvalue weighted by Crippen LogP contribution is -2.12. The molecule has 0 aliphatic carbocycles. The van der Waals surface area contributed by atoms with E-state index >= 15 is 0 Å². The molecular weight excluding hydrogens is 398 g/mol. The molecule has 31 heavy (non-hydrogen) atoms. The predicted molar refractivity (Wildman–Crippen MR) is 116 cm³/mol. The molecule has 0 saturated carbocycles. The van der Waals surface area contributed by atoms with E-state index in [1.807, 2.05) is 37.3 Å². The minimum absolute atomic E-state index is 0.0503. The largest absolute Gasteiger partial charge is 0.340 e. The molecule has 7 heteroatoms. The smallest absolute Gasteiger partial charge is 0.255 e. The van der Waals surface area contributed by atoms with E-state index in [4.69, 9.17) is 0 Å². The van der Waals surface area contributed by atoms with Gasteiger partial charge in [-0.05, 0) is 49.4 Å². The fraction of sp³-hybridized carbons (Fsp3) is 0.0417. The van der Waals surface area contributed by atoms with Gasteiger partial charge in [-0.25, -0.2) is 18.7 Å². The quantitative estimate of drug-likeness (QED) is 0.436. The lowest BCUT2D eigenvalue weighted by Gasteiger charge is -2.09. The van der Waals surface area contributed by atoms with Crippen molar-refractivity contribution < 1.29 is 13.6 Å². The summed E-state index contributed by atoms with van der Waals surface area (Å²) >= 11 is 0. The van der Waals surface area contributed by atoms with Crippen LogP contribution in [-0.2, 0) is 0 Å². The minimum Gasteiger partial charge on any atom is -0.340 e. The van der Waals surface area contributed by atoms with Crippen LogP contribution in [-0.4, -0.2) is 15.9 Å². The van der Waals surface area contributed by atoms with E-state index in [9.17, 15) is 13.6 Å². The number of amides is 1. The monoisotopic (exact) mass is 416 g/mol. The Morgan fingerprint density at radius 1 is 0.839 bits per heavy atom. The van der Waals surface area contributed by atoms with Crippen molar-refractivity contribution in [3.63, 3.8) is 0 Å². The predicted octanol–water partition coefficient (Wildman–Crippen LogP) is 5.73.